The lowest BCUT2D eigenvalue weighted by molar-refractivity contribution is 0.0794. The Morgan fingerprint density at radius 1 is 0.760 bits per heavy atom. The zero-order valence-electron chi connectivity index (χ0n) is 15.3. The van der Waals surface area contributed by atoms with Gasteiger partial charge in [-0.3, -0.25) is 0 Å². The van der Waals surface area contributed by atoms with Gasteiger partial charge >= 0.3 is 0 Å². The Morgan fingerprint density at radius 3 is 2.08 bits per heavy atom. The first-order valence-electron chi connectivity index (χ1n) is 8.62. The molecular weight excluding hydrogens is 306 g/mol. The lowest BCUT2D eigenvalue weighted by Crippen LogP contribution is -2.17. The summed E-state index contributed by atoms with van der Waals surface area (Å²) in [4.78, 5) is 0. The van der Waals surface area contributed by atoms with Crippen molar-refractivity contribution in [1.29, 1.82) is 0 Å². The van der Waals surface area contributed by atoms with Crippen LogP contribution in [0, 0.1) is 13.8 Å². The second kappa shape index (κ2) is 6.73. The Bertz CT molecular complexity index is 891. The van der Waals surface area contributed by atoms with Crippen LogP contribution in [0.3, 0.4) is 0 Å². The average Bonchev–Trinajstić information content (AvgIpc) is 2.55. The fraction of sp³-hybridized carbons (Fsp3) is 0.217. The summed E-state index contributed by atoms with van der Waals surface area (Å²) >= 11 is 0. The predicted molar refractivity (Wildman–Crippen MR) is 106 cm³/mol. The molecule has 0 saturated carbocycles. The molecule has 0 atom stereocenters. The van der Waals surface area contributed by atoms with Crippen LogP contribution in [0.25, 0.3) is 11.1 Å². The van der Waals surface area contributed by atoms with Crippen LogP contribution in [0.5, 0.6) is 0 Å². The molecule has 0 radical (unpaired) electrons. The first-order chi connectivity index (χ1) is 11.9. The van der Waals surface area contributed by atoms with E-state index < -0.39 is 5.60 Å². The van der Waals surface area contributed by atoms with Crippen LogP contribution in [0.2, 0.25) is 0 Å². The molecule has 0 aliphatic heterocycles. The number of hydrogen-bond donors (Lipinski definition) is 2. The molecule has 128 valence electrons. The van der Waals surface area contributed by atoms with E-state index in [1.165, 1.54) is 22.3 Å². The maximum atomic E-state index is 10.4. The topological polar surface area (TPSA) is 32.3 Å². The minimum atomic E-state index is -0.889. The van der Waals surface area contributed by atoms with Crippen molar-refractivity contribution in [2.24, 2.45) is 0 Å². The quantitative estimate of drug-likeness (QED) is 0.620. The molecule has 0 spiro atoms. The van der Waals surface area contributed by atoms with Crippen LogP contribution in [-0.2, 0) is 5.60 Å². The van der Waals surface area contributed by atoms with Crippen LogP contribution in [0.15, 0.2) is 66.7 Å². The molecule has 0 unspecified atom stereocenters. The summed E-state index contributed by atoms with van der Waals surface area (Å²) in [6.07, 6.45) is 0. The normalized spacial score (nSPS) is 11.4. The fourth-order valence-electron chi connectivity index (χ4n) is 3.20. The zero-order chi connectivity index (χ0) is 18.0. The lowest BCUT2D eigenvalue weighted by Gasteiger charge is -2.22. The number of rotatable bonds is 4. The van der Waals surface area contributed by atoms with E-state index in [0.717, 1.165) is 16.9 Å². The van der Waals surface area contributed by atoms with Crippen LogP contribution >= 0.6 is 0 Å². The van der Waals surface area contributed by atoms with Crippen molar-refractivity contribution in [3.8, 4) is 11.1 Å². The van der Waals surface area contributed by atoms with E-state index in [4.69, 9.17) is 0 Å². The third kappa shape index (κ3) is 3.75. The van der Waals surface area contributed by atoms with Crippen LogP contribution in [0.4, 0.5) is 11.4 Å². The van der Waals surface area contributed by atoms with Gasteiger partial charge in [0.05, 0.1) is 5.60 Å². The molecule has 2 N–H and O–H groups in total. The van der Waals surface area contributed by atoms with E-state index in [1.54, 1.807) is 13.8 Å². The summed E-state index contributed by atoms with van der Waals surface area (Å²) in [5.74, 6) is 0. The zero-order valence-corrected chi connectivity index (χ0v) is 15.3. The molecule has 2 nitrogen and oxygen atoms in total. The number of nitrogens with one attached hydrogen (secondary N) is 1. The van der Waals surface area contributed by atoms with E-state index in [1.807, 2.05) is 24.3 Å². The van der Waals surface area contributed by atoms with E-state index in [0.29, 0.717) is 0 Å². The van der Waals surface area contributed by atoms with Gasteiger partial charge in [-0.15, -0.1) is 0 Å². The smallest absolute Gasteiger partial charge is 0.0860 e. The molecule has 25 heavy (non-hydrogen) atoms. The second-order valence-electron chi connectivity index (χ2n) is 7.07. The lowest BCUT2D eigenvalue weighted by atomic mass is 9.95. The van der Waals surface area contributed by atoms with E-state index in [-0.39, 0.29) is 0 Å². The maximum absolute atomic E-state index is 10.4. The van der Waals surface area contributed by atoms with Gasteiger partial charge < -0.3 is 10.4 Å². The highest BCUT2D eigenvalue weighted by molar-refractivity contribution is 5.74. The van der Waals surface area contributed by atoms with Gasteiger partial charge in [0.2, 0.25) is 0 Å². The molecule has 0 aromatic heterocycles. The fourth-order valence-corrected chi connectivity index (χ4v) is 3.20. The van der Waals surface area contributed by atoms with Crippen molar-refractivity contribution in [2.75, 3.05) is 5.32 Å². The summed E-state index contributed by atoms with van der Waals surface area (Å²) < 4.78 is 0. The number of hydrogen-bond acceptors (Lipinski definition) is 2. The van der Waals surface area contributed by atoms with Crippen molar-refractivity contribution in [2.45, 2.75) is 33.3 Å². The molecule has 2 heteroatoms. The highest BCUT2D eigenvalue weighted by atomic mass is 16.3. The standard InChI is InChI=1S/C23H25NO/c1-16-9-5-6-10-19(16)20-14-13-18(15-17(20)2)24-22-12-8-7-11-21(22)23(3,4)25/h5-15,24-25H,1-4H3. The molecule has 0 aliphatic rings. The third-order valence-electron chi connectivity index (χ3n) is 4.53. The largest absolute Gasteiger partial charge is 0.386 e. The van der Waals surface area contributed by atoms with Crippen molar-refractivity contribution < 1.29 is 5.11 Å². The van der Waals surface area contributed by atoms with Gasteiger partial charge in [0.1, 0.15) is 0 Å². The monoisotopic (exact) mass is 331 g/mol. The average molecular weight is 331 g/mol. The highest BCUT2D eigenvalue weighted by Crippen LogP contribution is 2.32. The SMILES string of the molecule is Cc1ccccc1-c1ccc(Nc2ccccc2C(C)(C)O)cc1C. The minimum absolute atomic E-state index is 0.885. The maximum Gasteiger partial charge on any atom is 0.0860 e. The molecule has 0 bridgehead atoms. The molecule has 3 aromatic carbocycles. The highest BCUT2D eigenvalue weighted by Gasteiger charge is 2.19. The van der Waals surface area contributed by atoms with Gasteiger partial charge in [0.25, 0.3) is 0 Å². The van der Waals surface area contributed by atoms with Gasteiger partial charge in [-0.1, -0.05) is 48.5 Å². The first-order valence-corrected chi connectivity index (χ1v) is 8.62. The Balaban J connectivity index is 1.94. The number of para-hydroxylation sites is 1. The van der Waals surface area contributed by atoms with Gasteiger partial charge in [-0.05, 0) is 68.1 Å². The van der Waals surface area contributed by atoms with E-state index in [9.17, 15) is 5.11 Å². The molecule has 0 heterocycles. The molecule has 3 aromatic rings. The van der Waals surface area contributed by atoms with Crippen molar-refractivity contribution in [3.05, 3.63) is 83.4 Å². The van der Waals surface area contributed by atoms with Crippen molar-refractivity contribution in [1.82, 2.24) is 0 Å². The minimum Gasteiger partial charge on any atom is -0.386 e. The summed E-state index contributed by atoms with van der Waals surface area (Å²) in [5.41, 5.74) is 6.96. The van der Waals surface area contributed by atoms with Gasteiger partial charge in [-0.2, -0.15) is 0 Å². The summed E-state index contributed by atoms with van der Waals surface area (Å²) in [6, 6.07) is 22.7. The number of anilines is 2. The Morgan fingerprint density at radius 2 is 1.40 bits per heavy atom. The second-order valence-corrected chi connectivity index (χ2v) is 7.07. The first kappa shape index (κ1) is 17.2. The number of aryl methyl sites for hydroxylation is 2. The molecule has 3 rings (SSSR count). The van der Waals surface area contributed by atoms with Gasteiger partial charge in [-0.25, -0.2) is 0 Å². The van der Waals surface area contributed by atoms with Crippen molar-refractivity contribution in [3.63, 3.8) is 0 Å². The molecular formula is C23H25NO. The van der Waals surface area contributed by atoms with Crippen molar-refractivity contribution >= 4 is 11.4 Å². The Hall–Kier alpha value is -2.58. The molecule has 0 saturated heterocycles. The third-order valence-corrected chi connectivity index (χ3v) is 4.53. The summed E-state index contributed by atoms with van der Waals surface area (Å²) in [5, 5.41) is 13.8. The predicted octanol–water partition coefficient (Wildman–Crippen LogP) is 5.94. The van der Waals surface area contributed by atoms with Gasteiger partial charge in [0.15, 0.2) is 0 Å². The Labute approximate surface area is 150 Å². The summed E-state index contributed by atoms with van der Waals surface area (Å²) in [7, 11) is 0. The molecule has 0 fully saturated rings. The number of benzene rings is 3. The molecule has 0 amide bonds. The Kier molecular flexibility index (Phi) is 4.65. The molecule has 0 aliphatic carbocycles. The van der Waals surface area contributed by atoms with Crippen LogP contribution in [0.1, 0.15) is 30.5 Å². The van der Waals surface area contributed by atoms with E-state index in [2.05, 4.69) is 61.6 Å². The van der Waals surface area contributed by atoms with E-state index >= 15 is 0 Å². The number of aliphatic hydroxyl groups is 1. The summed E-state index contributed by atoms with van der Waals surface area (Å²) in [6.45, 7) is 7.88. The van der Waals surface area contributed by atoms with Gasteiger partial charge in [0, 0.05) is 16.9 Å². The van der Waals surface area contributed by atoms with Crippen LogP contribution in [-0.4, -0.2) is 5.11 Å². The van der Waals surface area contributed by atoms with Crippen LogP contribution < -0.4 is 5.32 Å².